The van der Waals surface area contributed by atoms with Crippen molar-refractivity contribution in [1.82, 2.24) is 15.3 Å². The Bertz CT molecular complexity index is 878. The largest absolute Gasteiger partial charge is 0.481 e. The number of methoxy groups -OCH3 is 1. The first-order valence-corrected chi connectivity index (χ1v) is 9.81. The molecule has 4 heterocycles. The Morgan fingerprint density at radius 1 is 1.36 bits per heavy atom. The van der Waals surface area contributed by atoms with Crippen molar-refractivity contribution in [2.24, 2.45) is 5.92 Å². The zero-order valence-electron chi connectivity index (χ0n) is 15.5. The van der Waals surface area contributed by atoms with Gasteiger partial charge in [0.2, 0.25) is 0 Å². The second-order valence-corrected chi connectivity index (χ2v) is 7.67. The minimum atomic E-state index is -1.14. The Morgan fingerprint density at radius 3 is 2.79 bits per heavy atom. The van der Waals surface area contributed by atoms with Crippen LogP contribution in [0, 0.1) is 5.92 Å². The number of carbonyl (C=O) groups is 2. The van der Waals surface area contributed by atoms with Crippen LogP contribution in [-0.2, 0) is 9.53 Å². The molecule has 9 nitrogen and oxygen atoms in total. The summed E-state index contributed by atoms with van der Waals surface area (Å²) in [6.07, 6.45) is 1.69. The van der Waals surface area contributed by atoms with Crippen LogP contribution in [-0.4, -0.2) is 72.8 Å². The molecule has 3 atom stereocenters. The summed E-state index contributed by atoms with van der Waals surface area (Å²) in [5.41, 5.74) is 0.310. The van der Waals surface area contributed by atoms with Gasteiger partial charge in [0.25, 0.3) is 0 Å². The van der Waals surface area contributed by atoms with Gasteiger partial charge < -0.3 is 25.0 Å². The number of carboxylic acid groups (broad SMARTS) is 1. The number of ether oxygens (including phenoxy) is 1. The number of pyridine rings is 1. The Balaban J connectivity index is 1.73. The van der Waals surface area contributed by atoms with Gasteiger partial charge in [-0.2, -0.15) is 0 Å². The fraction of sp³-hybridized carbons (Fsp3) is 0.444. The lowest BCUT2D eigenvalue weighted by Crippen LogP contribution is -2.41. The summed E-state index contributed by atoms with van der Waals surface area (Å²) in [7, 11) is 3.59. The molecule has 148 valence electrons. The maximum Gasteiger partial charge on any atom is 0.316 e. The molecule has 1 fully saturated rings. The predicted octanol–water partition coefficient (Wildman–Crippen LogP) is 0.996. The molecule has 2 aliphatic heterocycles. The van der Waals surface area contributed by atoms with Crippen molar-refractivity contribution in [3.63, 3.8) is 0 Å². The SMILES string of the molecule is CN[C@H]1CN(c2ccc3c(n2)N(c2nccs2)CC(C(=O)O)C3=O)C[C@@H]1OC. The highest BCUT2D eigenvalue weighted by molar-refractivity contribution is 7.13. The van der Waals surface area contributed by atoms with Gasteiger partial charge in [-0.3, -0.25) is 9.59 Å². The summed E-state index contributed by atoms with van der Waals surface area (Å²) in [6.45, 7) is 1.42. The number of hydrogen-bond acceptors (Lipinski definition) is 9. The third-order valence-electron chi connectivity index (χ3n) is 5.28. The van der Waals surface area contributed by atoms with Gasteiger partial charge in [0, 0.05) is 38.3 Å². The van der Waals surface area contributed by atoms with E-state index >= 15 is 0 Å². The summed E-state index contributed by atoms with van der Waals surface area (Å²) >= 11 is 1.38. The van der Waals surface area contributed by atoms with Gasteiger partial charge in [-0.1, -0.05) is 0 Å². The van der Waals surface area contributed by atoms with Gasteiger partial charge in [-0.15, -0.1) is 11.3 Å². The van der Waals surface area contributed by atoms with Crippen molar-refractivity contribution in [3.8, 4) is 0 Å². The maximum absolute atomic E-state index is 12.7. The van der Waals surface area contributed by atoms with Crippen LogP contribution in [0.1, 0.15) is 10.4 Å². The van der Waals surface area contributed by atoms with Crippen molar-refractivity contribution in [2.75, 3.05) is 43.6 Å². The molecule has 0 radical (unpaired) electrons. The summed E-state index contributed by atoms with van der Waals surface area (Å²) in [6, 6.07) is 3.62. The number of fused-ring (bicyclic) bond motifs is 1. The van der Waals surface area contributed by atoms with Gasteiger partial charge in [0.05, 0.1) is 17.7 Å². The van der Waals surface area contributed by atoms with E-state index in [9.17, 15) is 14.7 Å². The maximum atomic E-state index is 12.7. The lowest BCUT2D eigenvalue weighted by atomic mass is 9.93. The summed E-state index contributed by atoms with van der Waals surface area (Å²) in [5, 5.41) is 15.2. The smallest absolute Gasteiger partial charge is 0.316 e. The number of hydrogen-bond donors (Lipinski definition) is 2. The van der Waals surface area contributed by atoms with Crippen molar-refractivity contribution >= 4 is 39.9 Å². The van der Waals surface area contributed by atoms with Crippen molar-refractivity contribution in [2.45, 2.75) is 12.1 Å². The van der Waals surface area contributed by atoms with E-state index in [-0.39, 0.29) is 18.7 Å². The minimum absolute atomic E-state index is 0.0188. The van der Waals surface area contributed by atoms with Crippen LogP contribution < -0.4 is 15.1 Å². The number of thiazole rings is 1. The van der Waals surface area contributed by atoms with Crippen LogP contribution in [0.25, 0.3) is 0 Å². The van der Waals surface area contributed by atoms with Crippen molar-refractivity contribution in [1.29, 1.82) is 0 Å². The minimum Gasteiger partial charge on any atom is -0.481 e. The van der Waals surface area contributed by atoms with E-state index in [4.69, 9.17) is 9.72 Å². The zero-order valence-corrected chi connectivity index (χ0v) is 16.3. The predicted molar refractivity (Wildman–Crippen MR) is 105 cm³/mol. The molecule has 28 heavy (non-hydrogen) atoms. The van der Waals surface area contributed by atoms with Crippen LogP contribution in [0.4, 0.5) is 16.8 Å². The molecule has 2 aliphatic rings. The van der Waals surface area contributed by atoms with E-state index in [2.05, 4.69) is 15.2 Å². The molecule has 0 aliphatic carbocycles. The average molecular weight is 403 g/mol. The van der Waals surface area contributed by atoms with E-state index in [0.717, 1.165) is 12.4 Å². The number of aromatic nitrogens is 2. The molecule has 4 rings (SSSR count). The van der Waals surface area contributed by atoms with E-state index in [1.165, 1.54) is 11.3 Å². The van der Waals surface area contributed by atoms with Crippen LogP contribution in [0.3, 0.4) is 0 Å². The van der Waals surface area contributed by atoms with Crippen LogP contribution in [0.2, 0.25) is 0 Å². The van der Waals surface area contributed by atoms with Gasteiger partial charge >= 0.3 is 5.97 Å². The third kappa shape index (κ3) is 3.13. The quantitative estimate of drug-likeness (QED) is 0.707. The molecule has 2 N–H and O–H groups in total. The summed E-state index contributed by atoms with van der Waals surface area (Å²) in [4.78, 5) is 37.1. The first-order valence-electron chi connectivity index (χ1n) is 8.93. The molecular weight excluding hydrogens is 382 g/mol. The molecule has 10 heteroatoms. The molecule has 0 spiro atoms. The monoisotopic (exact) mass is 403 g/mol. The topological polar surface area (TPSA) is 108 Å². The highest BCUT2D eigenvalue weighted by Crippen LogP contribution is 2.37. The number of anilines is 3. The summed E-state index contributed by atoms with van der Waals surface area (Å²) < 4.78 is 5.55. The molecule has 2 aromatic rings. The van der Waals surface area contributed by atoms with Crippen LogP contribution >= 0.6 is 11.3 Å². The molecule has 0 bridgehead atoms. The van der Waals surface area contributed by atoms with E-state index in [1.807, 2.05) is 12.4 Å². The molecule has 2 aromatic heterocycles. The molecule has 0 aromatic carbocycles. The van der Waals surface area contributed by atoms with Gasteiger partial charge in [0.1, 0.15) is 17.6 Å². The number of carboxylic acids is 1. The van der Waals surface area contributed by atoms with Gasteiger partial charge in [-0.25, -0.2) is 9.97 Å². The molecule has 0 saturated carbocycles. The standard InChI is InChI=1S/C18H21N5O4S/c1-19-12-8-22(9-13(12)27-2)14-4-3-10-15(24)11(17(25)26)7-23(16(10)21-14)18-20-5-6-28-18/h3-6,11-13,19H,7-9H2,1-2H3,(H,25,26)/t11?,12-,13-/m0/s1. The number of aliphatic carboxylic acids is 1. The number of likely N-dealkylation sites (N-methyl/N-ethyl adjacent to an activating group) is 1. The zero-order chi connectivity index (χ0) is 19.8. The lowest BCUT2D eigenvalue weighted by molar-refractivity contribution is -0.139. The number of ketones is 1. The second kappa shape index (κ2) is 7.46. The lowest BCUT2D eigenvalue weighted by Gasteiger charge is -2.31. The normalized spacial score (nSPS) is 24.5. The number of nitrogens with one attached hydrogen (secondary N) is 1. The number of Topliss-reactive ketones (excluding diaryl/α,β-unsaturated/α-hetero) is 1. The van der Waals surface area contributed by atoms with Crippen LogP contribution in [0.15, 0.2) is 23.7 Å². The van der Waals surface area contributed by atoms with Gasteiger partial charge in [-0.05, 0) is 19.2 Å². The fourth-order valence-electron chi connectivity index (χ4n) is 3.74. The van der Waals surface area contributed by atoms with Crippen LogP contribution in [0.5, 0.6) is 0 Å². The Morgan fingerprint density at radius 2 is 2.18 bits per heavy atom. The summed E-state index contributed by atoms with van der Waals surface area (Å²) in [5.74, 6) is -1.51. The van der Waals surface area contributed by atoms with E-state index in [1.54, 1.807) is 30.3 Å². The number of carbonyl (C=O) groups excluding carboxylic acids is 1. The third-order valence-corrected chi connectivity index (χ3v) is 6.07. The van der Waals surface area contributed by atoms with E-state index < -0.39 is 17.7 Å². The van der Waals surface area contributed by atoms with Crippen molar-refractivity contribution < 1.29 is 19.4 Å². The highest BCUT2D eigenvalue weighted by Gasteiger charge is 2.40. The Labute approximate surface area is 166 Å². The number of nitrogens with zero attached hydrogens (tertiary/aromatic N) is 4. The first-order chi connectivity index (χ1) is 13.5. The molecular formula is C18H21N5O4S. The Kier molecular flexibility index (Phi) is 5.00. The highest BCUT2D eigenvalue weighted by atomic mass is 32.1. The molecule has 1 saturated heterocycles. The van der Waals surface area contributed by atoms with E-state index in [0.29, 0.717) is 23.1 Å². The first kappa shape index (κ1) is 18.8. The Hall–Kier alpha value is -2.56. The molecule has 1 unspecified atom stereocenters. The second-order valence-electron chi connectivity index (χ2n) is 6.80. The molecule has 0 amide bonds. The average Bonchev–Trinajstić information content (AvgIpc) is 3.37. The van der Waals surface area contributed by atoms with Gasteiger partial charge in [0.15, 0.2) is 10.9 Å². The van der Waals surface area contributed by atoms with Crippen molar-refractivity contribution in [3.05, 3.63) is 29.3 Å². The fourth-order valence-corrected chi connectivity index (χ4v) is 4.39. The number of rotatable bonds is 5.